The Balaban J connectivity index is 1.51. The smallest absolute Gasteiger partial charge is 0.251 e. The van der Waals surface area contributed by atoms with Crippen LogP contribution in [0.25, 0.3) is 0 Å². The Labute approximate surface area is 172 Å². The van der Waals surface area contributed by atoms with Gasteiger partial charge in [0.05, 0.1) is 23.7 Å². The fourth-order valence-electron chi connectivity index (χ4n) is 3.38. The molecule has 1 fully saturated rings. The fraction of sp³-hybridized carbons (Fsp3) is 0.429. The van der Waals surface area contributed by atoms with E-state index in [0.29, 0.717) is 11.3 Å². The highest BCUT2D eigenvalue weighted by Crippen LogP contribution is 2.25. The Bertz CT molecular complexity index is 952. The molecule has 156 valence electrons. The van der Waals surface area contributed by atoms with Crippen molar-refractivity contribution >= 4 is 21.6 Å². The lowest BCUT2D eigenvalue weighted by Gasteiger charge is -2.29. The van der Waals surface area contributed by atoms with Gasteiger partial charge in [-0.25, -0.2) is 8.42 Å². The molecule has 0 bridgehead atoms. The minimum Gasteiger partial charge on any atom is -0.489 e. The van der Waals surface area contributed by atoms with Gasteiger partial charge in [-0.2, -0.15) is 0 Å². The molecule has 1 aromatic heterocycles. The van der Waals surface area contributed by atoms with Crippen LogP contribution in [0, 0.1) is 6.92 Å². The lowest BCUT2D eigenvalue weighted by Crippen LogP contribution is -2.39. The van der Waals surface area contributed by atoms with Crippen molar-refractivity contribution in [3.63, 3.8) is 0 Å². The lowest BCUT2D eigenvalue weighted by atomic mass is 9.92. The maximum absolute atomic E-state index is 12.5. The first-order valence-electron chi connectivity index (χ1n) is 9.67. The standard InChI is InChI=1S/C21H27N3O4S/c1-15-20(5-4-14-22-15)28-19-12-8-17(9-13-19)23-21(25)16-6-10-18(11-7-16)24(2)29(3,26)27/h4-7,10-11,14,17,19H,8-9,12-13H2,1-3H3,(H,23,25). The summed E-state index contributed by atoms with van der Waals surface area (Å²) in [6, 6.07) is 10.5. The van der Waals surface area contributed by atoms with Crippen LogP contribution in [-0.4, -0.2) is 44.8 Å². The summed E-state index contributed by atoms with van der Waals surface area (Å²) in [7, 11) is -1.84. The van der Waals surface area contributed by atoms with Gasteiger partial charge in [0.15, 0.2) is 0 Å². The molecular formula is C21H27N3O4S. The number of aryl methyl sites for hydroxylation is 1. The highest BCUT2D eigenvalue weighted by Gasteiger charge is 2.24. The number of ether oxygens (including phenoxy) is 1. The molecule has 8 heteroatoms. The molecule has 2 aromatic rings. The van der Waals surface area contributed by atoms with Gasteiger partial charge in [0.2, 0.25) is 10.0 Å². The van der Waals surface area contributed by atoms with Crippen molar-refractivity contribution in [2.45, 2.75) is 44.8 Å². The number of sulfonamides is 1. The first-order valence-corrected chi connectivity index (χ1v) is 11.5. The van der Waals surface area contributed by atoms with Crippen molar-refractivity contribution in [3.8, 4) is 5.75 Å². The van der Waals surface area contributed by atoms with E-state index in [4.69, 9.17) is 4.74 Å². The van der Waals surface area contributed by atoms with Crippen LogP contribution in [0.4, 0.5) is 5.69 Å². The van der Waals surface area contributed by atoms with E-state index in [-0.39, 0.29) is 18.1 Å². The van der Waals surface area contributed by atoms with Crippen molar-refractivity contribution in [1.29, 1.82) is 0 Å². The summed E-state index contributed by atoms with van der Waals surface area (Å²) in [4.78, 5) is 16.8. The molecule has 29 heavy (non-hydrogen) atoms. The van der Waals surface area contributed by atoms with Gasteiger partial charge in [0.25, 0.3) is 5.91 Å². The molecule has 1 aliphatic carbocycles. The van der Waals surface area contributed by atoms with Crippen molar-refractivity contribution in [2.75, 3.05) is 17.6 Å². The van der Waals surface area contributed by atoms with Crippen LogP contribution in [0.1, 0.15) is 41.7 Å². The molecule has 7 nitrogen and oxygen atoms in total. The molecule has 1 amide bonds. The molecule has 0 unspecified atom stereocenters. The normalized spacial score (nSPS) is 19.4. The highest BCUT2D eigenvalue weighted by atomic mass is 32.2. The number of carbonyl (C=O) groups excluding carboxylic acids is 1. The molecule has 1 saturated carbocycles. The van der Waals surface area contributed by atoms with Crippen LogP contribution in [0.15, 0.2) is 42.6 Å². The van der Waals surface area contributed by atoms with E-state index in [1.165, 1.54) is 11.4 Å². The van der Waals surface area contributed by atoms with E-state index in [0.717, 1.165) is 43.4 Å². The molecule has 3 rings (SSSR count). The quantitative estimate of drug-likeness (QED) is 0.781. The number of hydrogen-bond acceptors (Lipinski definition) is 5. The van der Waals surface area contributed by atoms with E-state index in [1.807, 2.05) is 19.1 Å². The van der Waals surface area contributed by atoms with E-state index >= 15 is 0 Å². The summed E-state index contributed by atoms with van der Waals surface area (Å²) in [5, 5.41) is 3.07. The van der Waals surface area contributed by atoms with Crippen LogP contribution in [0.5, 0.6) is 5.75 Å². The van der Waals surface area contributed by atoms with E-state index in [2.05, 4.69) is 10.3 Å². The maximum atomic E-state index is 12.5. The monoisotopic (exact) mass is 417 g/mol. The second kappa shape index (κ2) is 8.82. The molecule has 0 aliphatic heterocycles. The average molecular weight is 418 g/mol. The molecule has 1 aliphatic rings. The third-order valence-electron chi connectivity index (χ3n) is 5.25. The summed E-state index contributed by atoms with van der Waals surface area (Å²) < 4.78 is 30.5. The maximum Gasteiger partial charge on any atom is 0.251 e. The van der Waals surface area contributed by atoms with Crippen LogP contribution in [0.3, 0.4) is 0 Å². The van der Waals surface area contributed by atoms with Crippen molar-refractivity contribution in [1.82, 2.24) is 10.3 Å². The number of aromatic nitrogens is 1. The first-order chi connectivity index (χ1) is 13.7. The number of nitrogens with one attached hydrogen (secondary N) is 1. The SMILES string of the molecule is Cc1ncccc1OC1CCC(NC(=O)c2ccc(N(C)S(C)(=O)=O)cc2)CC1. The Hall–Kier alpha value is -2.61. The number of carbonyl (C=O) groups is 1. The molecule has 1 N–H and O–H groups in total. The van der Waals surface area contributed by atoms with E-state index in [1.54, 1.807) is 30.5 Å². The third kappa shape index (κ3) is 5.47. The number of benzene rings is 1. The Morgan fingerprint density at radius 2 is 1.79 bits per heavy atom. The minimum absolute atomic E-state index is 0.107. The Kier molecular flexibility index (Phi) is 6.42. The second-order valence-corrected chi connectivity index (χ2v) is 9.44. The zero-order valence-corrected chi connectivity index (χ0v) is 17.8. The molecule has 1 heterocycles. The molecule has 1 aromatic carbocycles. The second-order valence-electron chi connectivity index (χ2n) is 7.43. The third-order valence-corrected chi connectivity index (χ3v) is 6.46. The number of amides is 1. The first kappa shape index (κ1) is 21.1. The topological polar surface area (TPSA) is 88.6 Å². The highest BCUT2D eigenvalue weighted by molar-refractivity contribution is 7.92. The predicted octanol–water partition coefficient (Wildman–Crippen LogP) is 2.91. The van der Waals surface area contributed by atoms with Gasteiger partial charge in [-0.1, -0.05) is 0 Å². The number of rotatable bonds is 6. The summed E-state index contributed by atoms with van der Waals surface area (Å²) in [6.45, 7) is 1.93. The lowest BCUT2D eigenvalue weighted by molar-refractivity contribution is 0.0893. The van der Waals surface area contributed by atoms with Crippen molar-refractivity contribution in [3.05, 3.63) is 53.9 Å². The number of pyridine rings is 1. The number of nitrogens with zero attached hydrogens (tertiary/aromatic N) is 2. The van der Waals surface area contributed by atoms with Gasteiger partial charge >= 0.3 is 0 Å². The summed E-state index contributed by atoms with van der Waals surface area (Å²) in [6.07, 6.45) is 6.48. The molecular weight excluding hydrogens is 390 g/mol. The van der Waals surface area contributed by atoms with Crippen LogP contribution < -0.4 is 14.4 Å². The van der Waals surface area contributed by atoms with Crippen molar-refractivity contribution in [2.24, 2.45) is 0 Å². The van der Waals surface area contributed by atoms with Gasteiger partial charge in [-0.15, -0.1) is 0 Å². The zero-order valence-electron chi connectivity index (χ0n) is 17.0. The van der Waals surface area contributed by atoms with Gasteiger partial charge < -0.3 is 10.1 Å². The van der Waals surface area contributed by atoms with Crippen LogP contribution >= 0.6 is 0 Å². The average Bonchev–Trinajstić information content (AvgIpc) is 2.70. The summed E-state index contributed by atoms with van der Waals surface area (Å²) in [5.74, 6) is 0.671. The van der Waals surface area contributed by atoms with Crippen LogP contribution in [0.2, 0.25) is 0 Å². The summed E-state index contributed by atoms with van der Waals surface area (Å²) in [5.41, 5.74) is 1.92. The van der Waals surface area contributed by atoms with E-state index < -0.39 is 10.0 Å². The van der Waals surface area contributed by atoms with E-state index in [9.17, 15) is 13.2 Å². The molecule has 0 radical (unpaired) electrons. The predicted molar refractivity (Wildman–Crippen MR) is 113 cm³/mol. The Morgan fingerprint density at radius 3 is 2.38 bits per heavy atom. The van der Waals surface area contributed by atoms with Crippen molar-refractivity contribution < 1.29 is 17.9 Å². The molecule has 0 saturated heterocycles. The zero-order chi connectivity index (χ0) is 21.0. The summed E-state index contributed by atoms with van der Waals surface area (Å²) >= 11 is 0. The van der Waals surface area contributed by atoms with Gasteiger partial charge in [-0.05, 0) is 69.0 Å². The number of hydrogen-bond donors (Lipinski definition) is 1. The minimum atomic E-state index is -3.33. The van der Waals surface area contributed by atoms with Crippen LogP contribution in [-0.2, 0) is 10.0 Å². The number of anilines is 1. The van der Waals surface area contributed by atoms with Gasteiger partial charge in [0.1, 0.15) is 5.75 Å². The molecule has 0 atom stereocenters. The largest absolute Gasteiger partial charge is 0.489 e. The fourth-order valence-corrected chi connectivity index (χ4v) is 3.89. The Morgan fingerprint density at radius 1 is 1.14 bits per heavy atom. The molecule has 0 spiro atoms. The van der Waals surface area contributed by atoms with Gasteiger partial charge in [-0.3, -0.25) is 14.1 Å². The van der Waals surface area contributed by atoms with Gasteiger partial charge in [0, 0.05) is 24.8 Å².